The highest BCUT2D eigenvalue weighted by Gasteiger charge is 2.28. The molecule has 3 rings (SSSR count). The maximum Gasteiger partial charge on any atom is 0.252 e. The summed E-state index contributed by atoms with van der Waals surface area (Å²) < 4.78 is 0. The molecule has 1 aliphatic rings. The van der Waals surface area contributed by atoms with Crippen LogP contribution in [-0.2, 0) is 4.79 Å². The Hall–Kier alpha value is -2.94. The number of benzene rings is 1. The lowest BCUT2D eigenvalue weighted by atomic mass is 10.1. The van der Waals surface area contributed by atoms with Crippen LogP contribution < -0.4 is 5.32 Å². The first-order valence-electron chi connectivity index (χ1n) is 7.51. The molecule has 1 atom stereocenters. The maximum atomic E-state index is 12.4. The largest absolute Gasteiger partial charge is 0.343 e. The molecule has 1 saturated heterocycles. The third-order valence-electron chi connectivity index (χ3n) is 4.05. The molecule has 0 bridgehead atoms. The van der Waals surface area contributed by atoms with Crippen LogP contribution in [0.1, 0.15) is 23.2 Å². The van der Waals surface area contributed by atoms with Crippen molar-refractivity contribution in [2.75, 3.05) is 13.1 Å². The van der Waals surface area contributed by atoms with E-state index in [1.54, 1.807) is 30.6 Å². The standard InChI is InChI=1S/C17H16N4O2/c18-9-13-4-2-8-21(13)16(22)11-20-17(23)15-5-1-3-12-10-19-7-6-14(12)15/h1,3,5-7,10,13H,2,4,8,11H2,(H,20,23)/t13-/m0/s1. The van der Waals surface area contributed by atoms with E-state index in [1.165, 1.54) is 4.90 Å². The summed E-state index contributed by atoms with van der Waals surface area (Å²) in [4.78, 5) is 30.1. The Kier molecular flexibility index (Phi) is 4.20. The molecule has 2 aromatic rings. The van der Waals surface area contributed by atoms with Gasteiger partial charge in [-0.1, -0.05) is 12.1 Å². The molecule has 0 aliphatic carbocycles. The summed E-state index contributed by atoms with van der Waals surface area (Å²) in [6.07, 6.45) is 4.85. The highest BCUT2D eigenvalue weighted by Crippen LogP contribution is 2.18. The topological polar surface area (TPSA) is 86.1 Å². The second-order valence-corrected chi connectivity index (χ2v) is 5.46. The number of hydrogen-bond acceptors (Lipinski definition) is 4. The Balaban J connectivity index is 1.70. The first-order valence-corrected chi connectivity index (χ1v) is 7.51. The van der Waals surface area contributed by atoms with Gasteiger partial charge in [0.2, 0.25) is 5.91 Å². The van der Waals surface area contributed by atoms with Crippen LogP contribution in [0.5, 0.6) is 0 Å². The van der Waals surface area contributed by atoms with Gasteiger partial charge < -0.3 is 10.2 Å². The fourth-order valence-corrected chi connectivity index (χ4v) is 2.87. The number of nitrogens with one attached hydrogen (secondary N) is 1. The summed E-state index contributed by atoms with van der Waals surface area (Å²) in [5.41, 5.74) is 0.510. The Labute approximate surface area is 133 Å². The number of fused-ring (bicyclic) bond motifs is 1. The summed E-state index contributed by atoms with van der Waals surface area (Å²) in [6.45, 7) is 0.478. The fraction of sp³-hybridized carbons (Fsp3) is 0.294. The van der Waals surface area contributed by atoms with Gasteiger partial charge in [0.05, 0.1) is 12.6 Å². The van der Waals surface area contributed by atoms with E-state index in [2.05, 4.69) is 16.4 Å². The van der Waals surface area contributed by atoms with Crippen LogP contribution in [0.25, 0.3) is 10.8 Å². The van der Waals surface area contributed by atoms with Crippen LogP contribution in [0.2, 0.25) is 0 Å². The number of amides is 2. The highest BCUT2D eigenvalue weighted by molar-refractivity contribution is 6.07. The number of likely N-dealkylation sites (tertiary alicyclic amines) is 1. The van der Waals surface area contributed by atoms with Gasteiger partial charge in [0.1, 0.15) is 6.04 Å². The number of carbonyl (C=O) groups excluding carboxylic acids is 2. The van der Waals surface area contributed by atoms with Crippen molar-refractivity contribution in [2.45, 2.75) is 18.9 Å². The molecule has 1 fully saturated rings. The Bertz CT molecular complexity index is 791. The quantitative estimate of drug-likeness (QED) is 0.930. The van der Waals surface area contributed by atoms with Gasteiger partial charge in [0.25, 0.3) is 5.91 Å². The van der Waals surface area contributed by atoms with Crippen molar-refractivity contribution in [3.8, 4) is 6.07 Å². The summed E-state index contributed by atoms with van der Waals surface area (Å²) in [7, 11) is 0. The first-order chi connectivity index (χ1) is 11.2. The van der Waals surface area contributed by atoms with Gasteiger partial charge in [-0.3, -0.25) is 14.6 Å². The lowest BCUT2D eigenvalue weighted by Gasteiger charge is -2.19. The van der Waals surface area contributed by atoms with E-state index in [9.17, 15) is 9.59 Å². The minimum absolute atomic E-state index is 0.0987. The lowest BCUT2D eigenvalue weighted by molar-refractivity contribution is -0.130. The van der Waals surface area contributed by atoms with Gasteiger partial charge in [-0.2, -0.15) is 5.26 Å². The van der Waals surface area contributed by atoms with Crippen LogP contribution in [0, 0.1) is 11.3 Å². The zero-order valence-corrected chi connectivity index (χ0v) is 12.5. The highest BCUT2D eigenvalue weighted by atomic mass is 16.2. The third kappa shape index (κ3) is 2.99. The molecule has 0 radical (unpaired) electrons. The van der Waals surface area contributed by atoms with Crippen LogP contribution in [0.3, 0.4) is 0 Å². The predicted molar refractivity (Wildman–Crippen MR) is 84.4 cm³/mol. The van der Waals surface area contributed by atoms with Gasteiger partial charge in [-0.25, -0.2) is 0 Å². The normalized spacial score (nSPS) is 17.0. The van der Waals surface area contributed by atoms with Crippen molar-refractivity contribution in [1.82, 2.24) is 15.2 Å². The van der Waals surface area contributed by atoms with Crippen LogP contribution >= 0.6 is 0 Å². The summed E-state index contributed by atoms with van der Waals surface area (Å²) >= 11 is 0. The van der Waals surface area contributed by atoms with Crippen LogP contribution in [0.4, 0.5) is 0 Å². The number of rotatable bonds is 3. The average Bonchev–Trinajstić information content (AvgIpc) is 3.07. The smallest absolute Gasteiger partial charge is 0.252 e. The molecule has 23 heavy (non-hydrogen) atoms. The van der Waals surface area contributed by atoms with Gasteiger partial charge in [0, 0.05) is 29.9 Å². The van der Waals surface area contributed by atoms with Gasteiger partial charge in [0.15, 0.2) is 0 Å². The molecule has 2 heterocycles. The van der Waals surface area contributed by atoms with Crippen molar-refractivity contribution < 1.29 is 9.59 Å². The number of aromatic nitrogens is 1. The monoisotopic (exact) mass is 308 g/mol. The number of hydrogen-bond donors (Lipinski definition) is 1. The third-order valence-corrected chi connectivity index (χ3v) is 4.05. The average molecular weight is 308 g/mol. The predicted octanol–water partition coefficient (Wildman–Crippen LogP) is 1.48. The van der Waals surface area contributed by atoms with E-state index in [-0.39, 0.29) is 24.4 Å². The van der Waals surface area contributed by atoms with Crippen molar-refractivity contribution in [3.63, 3.8) is 0 Å². The second kappa shape index (κ2) is 6.44. The number of carbonyl (C=O) groups is 2. The summed E-state index contributed by atoms with van der Waals surface area (Å²) in [5, 5.41) is 13.3. The molecule has 116 valence electrons. The number of pyridine rings is 1. The van der Waals surface area contributed by atoms with E-state index in [1.807, 2.05) is 6.07 Å². The molecule has 1 N–H and O–H groups in total. The second-order valence-electron chi connectivity index (χ2n) is 5.46. The molecule has 6 heteroatoms. The minimum atomic E-state index is -0.372. The number of nitrogens with zero attached hydrogens (tertiary/aromatic N) is 3. The van der Waals surface area contributed by atoms with Crippen molar-refractivity contribution >= 4 is 22.6 Å². The summed E-state index contributed by atoms with van der Waals surface area (Å²) in [5.74, 6) is -0.521. The molecular formula is C17H16N4O2. The maximum absolute atomic E-state index is 12.4. The summed E-state index contributed by atoms with van der Waals surface area (Å²) in [6, 6.07) is 8.91. The molecule has 1 aliphatic heterocycles. The van der Waals surface area contributed by atoms with E-state index in [0.29, 0.717) is 18.5 Å². The lowest BCUT2D eigenvalue weighted by Crippen LogP contribution is -2.42. The molecule has 1 aromatic carbocycles. The van der Waals surface area contributed by atoms with Gasteiger partial charge in [-0.05, 0) is 30.4 Å². The SMILES string of the molecule is N#C[C@@H]1CCCN1C(=O)CNC(=O)c1cccc2cnccc12. The first kappa shape index (κ1) is 15.0. The van der Waals surface area contributed by atoms with Crippen LogP contribution in [0.15, 0.2) is 36.7 Å². The molecule has 2 amide bonds. The van der Waals surface area contributed by atoms with Crippen molar-refractivity contribution in [1.29, 1.82) is 5.26 Å². The van der Waals surface area contributed by atoms with E-state index in [0.717, 1.165) is 17.2 Å². The Morgan fingerprint density at radius 3 is 3.09 bits per heavy atom. The minimum Gasteiger partial charge on any atom is -0.343 e. The molecule has 6 nitrogen and oxygen atoms in total. The van der Waals surface area contributed by atoms with Crippen molar-refractivity contribution in [2.24, 2.45) is 0 Å². The van der Waals surface area contributed by atoms with E-state index >= 15 is 0 Å². The number of nitriles is 1. The fourth-order valence-electron chi connectivity index (χ4n) is 2.87. The Morgan fingerprint density at radius 2 is 2.26 bits per heavy atom. The Morgan fingerprint density at radius 1 is 1.39 bits per heavy atom. The molecule has 0 unspecified atom stereocenters. The van der Waals surface area contributed by atoms with Crippen LogP contribution in [-0.4, -0.2) is 40.8 Å². The zero-order valence-electron chi connectivity index (χ0n) is 12.5. The molecule has 0 spiro atoms. The molecular weight excluding hydrogens is 292 g/mol. The van der Waals surface area contributed by atoms with E-state index in [4.69, 9.17) is 5.26 Å². The molecule has 0 saturated carbocycles. The molecule has 1 aromatic heterocycles. The van der Waals surface area contributed by atoms with Gasteiger partial charge in [-0.15, -0.1) is 0 Å². The van der Waals surface area contributed by atoms with Gasteiger partial charge >= 0.3 is 0 Å². The van der Waals surface area contributed by atoms with Crippen molar-refractivity contribution in [3.05, 3.63) is 42.2 Å². The zero-order chi connectivity index (χ0) is 16.2. The van der Waals surface area contributed by atoms with E-state index < -0.39 is 0 Å².